The Kier molecular flexibility index (Phi) is 11.1. The molecule has 0 radical (unpaired) electrons. The number of piperidine rings is 2. The Morgan fingerprint density at radius 2 is 1.78 bits per heavy atom. The van der Waals surface area contributed by atoms with E-state index in [1.807, 2.05) is 6.07 Å². The van der Waals surface area contributed by atoms with E-state index in [1.54, 1.807) is 25.1 Å². The minimum atomic E-state index is -2.71. The fourth-order valence-electron chi connectivity index (χ4n) is 8.56. The van der Waals surface area contributed by atoms with Crippen LogP contribution in [0.5, 0.6) is 0 Å². The predicted molar refractivity (Wildman–Crippen MR) is 204 cm³/mol. The number of halogens is 2. The van der Waals surface area contributed by atoms with Gasteiger partial charge in [0.1, 0.15) is 0 Å². The number of nitrogens with two attached hydrogens (primary N) is 2. The highest BCUT2D eigenvalue weighted by atomic mass is 19.3. The molecule has 3 amide bonds. The molecule has 1 aromatic carbocycles. The molecule has 6 heterocycles. The minimum Gasteiger partial charge on any atom is -0.404 e. The van der Waals surface area contributed by atoms with Crippen molar-refractivity contribution in [3.8, 4) is 0 Å². The summed E-state index contributed by atoms with van der Waals surface area (Å²) in [5.41, 5.74) is 16.1. The maximum Gasteiger partial charge on any atom is 0.317 e. The summed E-state index contributed by atoms with van der Waals surface area (Å²) < 4.78 is 31.5. The van der Waals surface area contributed by atoms with Crippen LogP contribution in [0.3, 0.4) is 0 Å². The van der Waals surface area contributed by atoms with E-state index < -0.39 is 12.3 Å². The van der Waals surface area contributed by atoms with E-state index in [-0.39, 0.29) is 17.6 Å². The van der Waals surface area contributed by atoms with Crippen molar-refractivity contribution < 1.29 is 18.4 Å². The van der Waals surface area contributed by atoms with Gasteiger partial charge in [0.2, 0.25) is 5.95 Å². The topological polar surface area (TPSA) is 167 Å². The zero-order valence-electron chi connectivity index (χ0n) is 31.1. The van der Waals surface area contributed by atoms with E-state index in [0.717, 1.165) is 99.6 Å². The normalized spacial score (nSPS) is 19.1. The van der Waals surface area contributed by atoms with Crippen molar-refractivity contribution >= 4 is 41.2 Å². The number of likely N-dealkylation sites (tertiary alicyclic amines) is 1. The van der Waals surface area contributed by atoms with Crippen molar-refractivity contribution in [2.75, 3.05) is 69.7 Å². The molecule has 288 valence electrons. The lowest BCUT2D eigenvalue weighted by atomic mass is 9.92. The first-order chi connectivity index (χ1) is 26.2. The number of anilines is 3. The largest absolute Gasteiger partial charge is 0.404 e. The molecule has 2 aromatic heterocycles. The number of primary amides is 1. The number of carbonyl (C=O) groups excluding carboxylic acids is 2. The summed E-state index contributed by atoms with van der Waals surface area (Å²) in [6.45, 7) is 6.31. The first-order valence-corrected chi connectivity index (χ1v) is 18.9. The van der Waals surface area contributed by atoms with Crippen LogP contribution in [0, 0.1) is 5.92 Å². The van der Waals surface area contributed by atoms with E-state index in [0.29, 0.717) is 54.6 Å². The Balaban J connectivity index is 1.08. The third-order valence-electron chi connectivity index (χ3n) is 11.4. The van der Waals surface area contributed by atoms with Gasteiger partial charge in [0.15, 0.2) is 5.82 Å². The molecule has 0 saturated carbocycles. The van der Waals surface area contributed by atoms with Gasteiger partial charge in [0.25, 0.3) is 12.3 Å². The Morgan fingerprint density at radius 1 is 1.04 bits per heavy atom. The third-order valence-corrected chi connectivity index (χ3v) is 11.4. The lowest BCUT2D eigenvalue weighted by Crippen LogP contribution is -2.43. The molecule has 16 heteroatoms. The summed E-state index contributed by atoms with van der Waals surface area (Å²) in [4.78, 5) is 45.6. The number of rotatable bonds is 9. The number of hydrogen-bond acceptors (Lipinski definition) is 10. The van der Waals surface area contributed by atoms with Crippen LogP contribution in [0.2, 0.25) is 0 Å². The average Bonchev–Trinajstić information content (AvgIpc) is 3.58. The monoisotopic (exact) mass is 744 g/mol. The van der Waals surface area contributed by atoms with Crippen LogP contribution in [-0.2, 0) is 19.4 Å². The van der Waals surface area contributed by atoms with Gasteiger partial charge in [0, 0.05) is 119 Å². The number of benzene rings is 1. The van der Waals surface area contributed by atoms with Gasteiger partial charge in [0.05, 0.1) is 18.2 Å². The van der Waals surface area contributed by atoms with Crippen molar-refractivity contribution in [1.29, 1.82) is 0 Å². The van der Waals surface area contributed by atoms with Crippen molar-refractivity contribution in [2.45, 2.75) is 64.0 Å². The molecule has 4 aliphatic heterocycles. The molecular weight excluding hydrogens is 694 g/mol. The molecule has 0 aliphatic carbocycles. The number of alkyl halides is 2. The number of nitrogens with one attached hydrogen (secondary N) is 1. The quantitative estimate of drug-likeness (QED) is 0.274. The molecule has 7 rings (SSSR count). The summed E-state index contributed by atoms with van der Waals surface area (Å²) in [7, 11) is 3.23. The standard InChI is InChI=1S/C38H50F2N12O2/c1-43-19-26(18-41)29-16-25-4-3-10-51(33(25)17-30(29)34(39)40)36-31-23-50(38(54)44-2)15-9-32(31)52(47-36)28-7-11-48(12-8-28)22-24-5-13-49(14-6-24)37-45-20-27(21-46-37)35(42)53/h16-21,24,28,34H,3-15,22-23,41H2,1-2H3,(H2,42,53)(H,44,54)/b26-18+,43-19?. The van der Waals surface area contributed by atoms with Gasteiger partial charge < -0.3 is 36.4 Å². The van der Waals surface area contributed by atoms with E-state index in [2.05, 4.69) is 39.7 Å². The molecule has 0 unspecified atom stereocenters. The van der Waals surface area contributed by atoms with E-state index in [9.17, 15) is 18.4 Å². The molecule has 5 N–H and O–H groups in total. The molecule has 0 atom stereocenters. The Morgan fingerprint density at radius 3 is 2.43 bits per heavy atom. The Hall–Kier alpha value is -5.12. The van der Waals surface area contributed by atoms with Crippen LogP contribution < -0.4 is 26.6 Å². The number of aromatic nitrogens is 4. The van der Waals surface area contributed by atoms with Crippen LogP contribution in [0.15, 0.2) is 35.7 Å². The van der Waals surface area contributed by atoms with Crippen LogP contribution in [0.4, 0.5) is 31.0 Å². The van der Waals surface area contributed by atoms with E-state index in [4.69, 9.17) is 16.6 Å². The molecular formula is C38H50F2N12O2. The predicted octanol–water partition coefficient (Wildman–Crippen LogP) is 4.05. The van der Waals surface area contributed by atoms with Crippen molar-refractivity contribution in [3.63, 3.8) is 0 Å². The average molecular weight is 745 g/mol. The molecule has 4 aliphatic rings. The highest BCUT2D eigenvalue weighted by Gasteiger charge is 2.35. The van der Waals surface area contributed by atoms with Gasteiger partial charge in [-0.25, -0.2) is 23.5 Å². The molecule has 0 spiro atoms. The first kappa shape index (κ1) is 37.2. The highest BCUT2D eigenvalue weighted by Crippen LogP contribution is 2.43. The fourth-order valence-corrected chi connectivity index (χ4v) is 8.56. The minimum absolute atomic E-state index is 0.0947. The van der Waals surface area contributed by atoms with Crippen LogP contribution in [0.1, 0.15) is 82.9 Å². The molecule has 2 saturated heterocycles. The third kappa shape index (κ3) is 7.48. The van der Waals surface area contributed by atoms with Crippen LogP contribution in [0.25, 0.3) is 5.57 Å². The second-order valence-electron chi connectivity index (χ2n) is 14.7. The second kappa shape index (κ2) is 16.1. The number of aryl methyl sites for hydroxylation is 1. The lowest BCUT2D eigenvalue weighted by Gasteiger charge is -2.38. The van der Waals surface area contributed by atoms with Gasteiger partial charge in [-0.05, 0) is 67.7 Å². The number of allylic oxidation sites excluding steroid dienone is 1. The van der Waals surface area contributed by atoms with Crippen molar-refractivity contribution in [1.82, 2.24) is 34.9 Å². The SMILES string of the molecule is CN=C/C(=C\N)c1cc2c(cc1C(F)F)N(c1nn(C3CCN(CC4CCN(c5ncc(C(N)=O)cn5)CC4)CC3)c3c1CN(C(=O)NC)CC3)CCC2. The molecule has 54 heavy (non-hydrogen) atoms. The van der Waals surface area contributed by atoms with Crippen LogP contribution >= 0.6 is 0 Å². The van der Waals surface area contributed by atoms with Gasteiger partial charge in [-0.2, -0.15) is 5.10 Å². The highest BCUT2D eigenvalue weighted by molar-refractivity contribution is 6.10. The number of amides is 3. The van der Waals surface area contributed by atoms with E-state index in [1.165, 1.54) is 24.8 Å². The lowest BCUT2D eigenvalue weighted by molar-refractivity contribution is 0.0999. The molecule has 0 bridgehead atoms. The number of urea groups is 1. The number of carbonyl (C=O) groups is 2. The van der Waals surface area contributed by atoms with E-state index >= 15 is 0 Å². The van der Waals surface area contributed by atoms with Crippen LogP contribution in [-0.4, -0.2) is 108 Å². The summed E-state index contributed by atoms with van der Waals surface area (Å²) in [5.74, 6) is 1.42. The zero-order valence-corrected chi connectivity index (χ0v) is 31.1. The molecule has 14 nitrogen and oxygen atoms in total. The second-order valence-corrected chi connectivity index (χ2v) is 14.7. The molecule has 2 fully saturated rings. The van der Waals surface area contributed by atoms with Gasteiger partial charge in [-0.15, -0.1) is 0 Å². The summed E-state index contributed by atoms with van der Waals surface area (Å²) >= 11 is 0. The molecule has 3 aromatic rings. The Bertz CT molecular complexity index is 1900. The summed E-state index contributed by atoms with van der Waals surface area (Å²) in [6, 6.07) is 3.49. The maximum atomic E-state index is 14.6. The summed E-state index contributed by atoms with van der Waals surface area (Å²) in [6.07, 6.45) is 9.34. The van der Waals surface area contributed by atoms with Gasteiger partial charge in [-0.3, -0.25) is 14.5 Å². The van der Waals surface area contributed by atoms with Gasteiger partial charge >= 0.3 is 6.03 Å². The summed E-state index contributed by atoms with van der Waals surface area (Å²) in [5, 5.41) is 8.08. The maximum absolute atomic E-state index is 14.6. The van der Waals surface area contributed by atoms with Gasteiger partial charge in [-0.1, -0.05) is 0 Å². The fraction of sp³-hybridized carbons (Fsp3) is 0.526. The first-order valence-electron chi connectivity index (χ1n) is 18.9. The van der Waals surface area contributed by atoms with Crippen molar-refractivity contribution in [3.05, 3.63) is 64.2 Å². The number of fused-ring (bicyclic) bond motifs is 2. The smallest absolute Gasteiger partial charge is 0.317 e. The number of hydrogen-bond donors (Lipinski definition) is 3. The van der Waals surface area contributed by atoms with Crippen molar-refractivity contribution in [2.24, 2.45) is 22.4 Å². The number of nitrogens with zero attached hydrogens (tertiary/aromatic N) is 9. The number of aliphatic imine (C=N–C) groups is 1. The Labute approximate surface area is 314 Å². The zero-order chi connectivity index (χ0) is 37.9.